The van der Waals surface area contributed by atoms with Gasteiger partial charge in [-0.05, 0) is 0 Å². The molecular weight excluding hydrogens is 144 g/mol. The average Bonchev–Trinajstić information content (AvgIpc) is 2.45. The first-order chi connectivity index (χ1) is 5.29. The van der Waals surface area contributed by atoms with Crippen LogP contribution in [-0.2, 0) is 6.42 Å². The number of nitrogens with one attached hydrogen (secondary N) is 1. The summed E-state index contributed by atoms with van der Waals surface area (Å²) >= 11 is 0. The minimum atomic E-state index is 0.183. The number of hydrogen-bond acceptors (Lipinski definition) is 4. The van der Waals surface area contributed by atoms with Gasteiger partial charge in [0, 0.05) is 18.2 Å². The second kappa shape index (κ2) is 1.91. The van der Waals surface area contributed by atoms with Gasteiger partial charge in [-0.25, -0.2) is 9.98 Å². The number of hydrogen-bond donors (Lipinski definition) is 2. The van der Waals surface area contributed by atoms with Crippen molar-refractivity contribution in [2.24, 2.45) is 4.99 Å². The van der Waals surface area contributed by atoms with Crippen molar-refractivity contribution in [1.29, 1.82) is 5.41 Å². The van der Waals surface area contributed by atoms with Gasteiger partial charge in [0.2, 0.25) is 0 Å². The zero-order chi connectivity index (χ0) is 7.84. The monoisotopic (exact) mass is 150 g/mol. The lowest BCUT2D eigenvalue weighted by Crippen LogP contribution is -2.14. The highest BCUT2D eigenvalue weighted by Gasteiger charge is 2.11. The predicted molar refractivity (Wildman–Crippen MR) is 37.1 cm³/mol. The summed E-state index contributed by atoms with van der Waals surface area (Å²) in [5.41, 5.74) is 0.859. The van der Waals surface area contributed by atoms with E-state index in [-0.39, 0.29) is 5.49 Å². The van der Waals surface area contributed by atoms with Crippen LogP contribution in [0.3, 0.4) is 0 Å². The minimum absolute atomic E-state index is 0.183. The predicted octanol–water partition coefficient (Wildman–Crippen LogP) is -0.142. The van der Waals surface area contributed by atoms with E-state index in [0.717, 1.165) is 4.73 Å². The van der Waals surface area contributed by atoms with Crippen molar-refractivity contribution < 1.29 is 5.21 Å². The maximum Gasteiger partial charge on any atom is 0.176 e. The van der Waals surface area contributed by atoms with E-state index in [1.807, 2.05) is 0 Å². The van der Waals surface area contributed by atoms with Crippen molar-refractivity contribution >= 4 is 12.0 Å². The quantitative estimate of drug-likeness (QED) is 0.505. The molecule has 1 aliphatic heterocycles. The van der Waals surface area contributed by atoms with Crippen LogP contribution in [0.2, 0.25) is 0 Å². The first-order valence-electron chi connectivity index (χ1n) is 3.16. The van der Waals surface area contributed by atoms with E-state index in [4.69, 9.17) is 10.6 Å². The normalized spacial score (nSPS) is 13.5. The van der Waals surface area contributed by atoms with Crippen LogP contribution >= 0.6 is 0 Å². The van der Waals surface area contributed by atoms with Gasteiger partial charge < -0.3 is 5.21 Å². The Bertz CT molecular complexity index is 379. The number of rotatable bonds is 0. The number of fused-ring (bicyclic) bond motifs is 1. The van der Waals surface area contributed by atoms with E-state index in [1.165, 1.54) is 6.33 Å². The van der Waals surface area contributed by atoms with Crippen LogP contribution in [0.1, 0.15) is 5.56 Å². The molecule has 2 N–H and O–H groups in total. The highest BCUT2D eigenvalue weighted by molar-refractivity contribution is 5.73. The maximum absolute atomic E-state index is 9.11. The van der Waals surface area contributed by atoms with Gasteiger partial charge in [0.1, 0.15) is 6.33 Å². The summed E-state index contributed by atoms with van der Waals surface area (Å²) in [5, 5.41) is 16.4. The molecule has 2 rings (SSSR count). The smallest absolute Gasteiger partial charge is 0.176 e. The summed E-state index contributed by atoms with van der Waals surface area (Å²) < 4.78 is 0.830. The third kappa shape index (κ3) is 0.739. The summed E-state index contributed by atoms with van der Waals surface area (Å²) in [6.07, 6.45) is 3.41. The molecule has 0 saturated carbocycles. The van der Waals surface area contributed by atoms with E-state index >= 15 is 0 Å². The van der Waals surface area contributed by atoms with Gasteiger partial charge in [0.15, 0.2) is 11.3 Å². The molecule has 5 nitrogen and oxygen atoms in total. The molecule has 1 aliphatic rings. The van der Waals surface area contributed by atoms with Gasteiger partial charge in [-0.1, -0.05) is 0 Å². The van der Waals surface area contributed by atoms with E-state index < -0.39 is 0 Å². The van der Waals surface area contributed by atoms with Crippen LogP contribution < -0.4 is 5.49 Å². The molecule has 0 bridgehead atoms. The average molecular weight is 150 g/mol. The van der Waals surface area contributed by atoms with Crippen molar-refractivity contribution in [2.45, 2.75) is 6.42 Å². The van der Waals surface area contributed by atoms with Crippen molar-refractivity contribution in [2.75, 3.05) is 0 Å². The van der Waals surface area contributed by atoms with Crippen molar-refractivity contribution in [3.63, 3.8) is 0 Å². The Morgan fingerprint density at radius 3 is 3.18 bits per heavy atom. The topological polar surface area (TPSA) is 74.3 Å². The van der Waals surface area contributed by atoms with E-state index in [0.29, 0.717) is 17.8 Å². The minimum Gasteiger partial charge on any atom is -0.425 e. The van der Waals surface area contributed by atoms with Crippen molar-refractivity contribution in [3.05, 3.63) is 17.4 Å². The molecule has 0 aliphatic carbocycles. The molecule has 0 aromatic carbocycles. The summed E-state index contributed by atoms with van der Waals surface area (Å²) in [5.74, 6) is 0.421. The van der Waals surface area contributed by atoms with Gasteiger partial charge in [-0.15, -0.1) is 0 Å². The lowest BCUT2D eigenvalue weighted by molar-refractivity contribution is 0.184. The van der Waals surface area contributed by atoms with E-state index in [1.54, 1.807) is 6.21 Å². The number of nitrogens with zero attached hydrogens (tertiary/aromatic N) is 3. The molecule has 5 heteroatoms. The second-order valence-electron chi connectivity index (χ2n) is 2.26. The lowest BCUT2D eigenvalue weighted by atomic mass is 10.2. The van der Waals surface area contributed by atoms with Gasteiger partial charge in [-0.3, -0.25) is 5.41 Å². The Morgan fingerprint density at radius 2 is 2.45 bits per heavy atom. The first-order valence-corrected chi connectivity index (χ1v) is 3.16. The molecule has 0 amide bonds. The van der Waals surface area contributed by atoms with Crippen LogP contribution in [0.15, 0.2) is 11.3 Å². The van der Waals surface area contributed by atoms with Crippen LogP contribution in [0.4, 0.5) is 5.82 Å². The Balaban J connectivity index is 2.81. The zero-order valence-corrected chi connectivity index (χ0v) is 5.65. The fourth-order valence-electron chi connectivity index (χ4n) is 1.04. The van der Waals surface area contributed by atoms with Gasteiger partial charge in [0.25, 0.3) is 0 Å². The number of aliphatic imine (C=N–C) groups is 1. The molecule has 0 unspecified atom stereocenters. The third-order valence-corrected chi connectivity index (χ3v) is 1.58. The molecule has 56 valence electrons. The molecule has 1 aromatic rings. The Labute approximate surface area is 62.1 Å². The Morgan fingerprint density at radius 1 is 1.64 bits per heavy atom. The SMILES string of the molecule is N=c1ncn(O)c2c1CC=N2. The van der Waals surface area contributed by atoms with Crippen LogP contribution in [-0.4, -0.2) is 21.1 Å². The Hall–Kier alpha value is -1.65. The molecule has 0 saturated heterocycles. The summed E-state index contributed by atoms with van der Waals surface area (Å²) in [7, 11) is 0. The highest BCUT2D eigenvalue weighted by Crippen LogP contribution is 2.17. The van der Waals surface area contributed by atoms with Crippen molar-refractivity contribution in [1.82, 2.24) is 9.71 Å². The fraction of sp³-hybridized carbons (Fsp3) is 0.167. The molecular formula is C6H6N4O. The van der Waals surface area contributed by atoms with Gasteiger partial charge >= 0.3 is 0 Å². The number of aromatic nitrogens is 2. The molecule has 11 heavy (non-hydrogen) atoms. The second-order valence-corrected chi connectivity index (χ2v) is 2.26. The molecule has 2 heterocycles. The molecule has 0 radical (unpaired) electrons. The lowest BCUT2D eigenvalue weighted by Gasteiger charge is -2.00. The Kier molecular flexibility index (Phi) is 1.06. The molecule has 0 fully saturated rings. The van der Waals surface area contributed by atoms with Crippen molar-refractivity contribution in [3.8, 4) is 0 Å². The summed E-state index contributed by atoms with van der Waals surface area (Å²) in [4.78, 5) is 7.54. The first kappa shape index (κ1) is 6.09. The summed E-state index contributed by atoms with van der Waals surface area (Å²) in [6.45, 7) is 0. The van der Waals surface area contributed by atoms with E-state index in [2.05, 4.69) is 9.98 Å². The van der Waals surface area contributed by atoms with Gasteiger partial charge in [-0.2, -0.15) is 4.73 Å². The largest absolute Gasteiger partial charge is 0.425 e. The van der Waals surface area contributed by atoms with Gasteiger partial charge in [0.05, 0.1) is 0 Å². The molecule has 0 spiro atoms. The highest BCUT2D eigenvalue weighted by atomic mass is 16.5. The van der Waals surface area contributed by atoms with Crippen LogP contribution in [0.5, 0.6) is 0 Å². The van der Waals surface area contributed by atoms with Crippen LogP contribution in [0, 0.1) is 5.41 Å². The standard InChI is InChI=1S/C6H6N4O/c7-5-4-1-2-8-6(4)10(11)3-9-5/h2-3,7,11H,1H2. The third-order valence-electron chi connectivity index (χ3n) is 1.58. The maximum atomic E-state index is 9.11. The molecule has 0 atom stereocenters. The van der Waals surface area contributed by atoms with Crippen LogP contribution in [0.25, 0.3) is 0 Å². The molecule has 1 aromatic heterocycles. The fourth-order valence-corrected chi connectivity index (χ4v) is 1.04. The zero-order valence-electron chi connectivity index (χ0n) is 5.65. The van der Waals surface area contributed by atoms with E-state index in [9.17, 15) is 0 Å². The summed E-state index contributed by atoms with van der Waals surface area (Å²) in [6, 6.07) is 0.